The topological polar surface area (TPSA) is 44.5 Å². The van der Waals surface area contributed by atoms with E-state index < -0.39 is 0 Å². The Morgan fingerprint density at radius 3 is 3.09 bits per heavy atom. The van der Waals surface area contributed by atoms with Crippen LogP contribution in [0.2, 0.25) is 0 Å². The Morgan fingerprint density at radius 2 is 2.55 bits per heavy atom. The maximum atomic E-state index is 5.51. The molecular weight excluding hydrogens is 142 g/mol. The summed E-state index contributed by atoms with van der Waals surface area (Å²) >= 11 is 0. The molecule has 0 radical (unpaired) electrons. The summed E-state index contributed by atoms with van der Waals surface area (Å²) in [4.78, 5) is 0. The van der Waals surface area contributed by atoms with Crippen molar-refractivity contribution >= 4 is 0 Å². The molecule has 0 bridgehead atoms. The van der Waals surface area contributed by atoms with E-state index in [4.69, 9.17) is 15.2 Å². The summed E-state index contributed by atoms with van der Waals surface area (Å²) in [7, 11) is 0. The highest BCUT2D eigenvalue weighted by Gasteiger charge is 2.15. The lowest BCUT2D eigenvalue weighted by Gasteiger charge is -2.11. The maximum absolute atomic E-state index is 5.51. The molecule has 0 aromatic carbocycles. The second-order valence-electron chi connectivity index (χ2n) is 3.15. The second kappa shape index (κ2) is 4.70. The first kappa shape index (κ1) is 8.97. The summed E-state index contributed by atoms with van der Waals surface area (Å²) in [5, 5.41) is 0. The molecule has 66 valence electrons. The predicted molar refractivity (Wildman–Crippen MR) is 43.4 cm³/mol. The maximum Gasteiger partial charge on any atom is 0.0809 e. The Balaban J connectivity index is 1.94. The van der Waals surface area contributed by atoms with Crippen LogP contribution in [0.3, 0.4) is 0 Å². The van der Waals surface area contributed by atoms with Gasteiger partial charge in [0, 0.05) is 12.6 Å². The fourth-order valence-corrected chi connectivity index (χ4v) is 1.16. The molecule has 1 aliphatic rings. The molecule has 1 heterocycles. The molecule has 0 spiro atoms. The van der Waals surface area contributed by atoms with Gasteiger partial charge in [-0.25, -0.2) is 0 Å². The van der Waals surface area contributed by atoms with Crippen LogP contribution in [0.1, 0.15) is 19.8 Å². The van der Waals surface area contributed by atoms with E-state index in [1.54, 1.807) is 0 Å². The van der Waals surface area contributed by atoms with Crippen LogP contribution in [0.4, 0.5) is 0 Å². The van der Waals surface area contributed by atoms with Gasteiger partial charge in [0.2, 0.25) is 0 Å². The van der Waals surface area contributed by atoms with Crippen molar-refractivity contribution in [1.82, 2.24) is 0 Å². The number of ether oxygens (including phenoxy) is 2. The highest BCUT2D eigenvalue weighted by molar-refractivity contribution is 4.63. The monoisotopic (exact) mass is 159 g/mol. The molecule has 1 saturated heterocycles. The van der Waals surface area contributed by atoms with Gasteiger partial charge in [-0.15, -0.1) is 0 Å². The summed E-state index contributed by atoms with van der Waals surface area (Å²) in [6, 6.07) is 0.136. The number of nitrogens with two attached hydrogens (primary N) is 1. The molecule has 0 saturated carbocycles. The molecule has 11 heavy (non-hydrogen) atoms. The second-order valence-corrected chi connectivity index (χ2v) is 3.15. The highest BCUT2D eigenvalue weighted by atomic mass is 16.5. The van der Waals surface area contributed by atoms with E-state index >= 15 is 0 Å². The van der Waals surface area contributed by atoms with Crippen molar-refractivity contribution in [2.24, 2.45) is 5.73 Å². The molecule has 3 heteroatoms. The SMILES string of the molecule is CC(N)COCC1CCCO1. The lowest BCUT2D eigenvalue weighted by atomic mass is 10.2. The smallest absolute Gasteiger partial charge is 0.0809 e. The van der Waals surface area contributed by atoms with Crippen LogP contribution in [0.5, 0.6) is 0 Å². The van der Waals surface area contributed by atoms with E-state index in [0.717, 1.165) is 13.0 Å². The van der Waals surface area contributed by atoms with Gasteiger partial charge in [0.25, 0.3) is 0 Å². The zero-order chi connectivity index (χ0) is 8.10. The largest absolute Gasteiger partial charge is 0.377 e. The highest BCUT2D eigenvalue weighted by Crippen LogP contribution is 2.11. The molecule has 3 nitrogen and oxygen atoms in total. The standard InChI is InChI=1S/C8H17NO2/c1-7(9)5-10-6-8-3-2-4-11-8/h7-8H,2-6,9H2,1H3. The fraction of sp³-hybridized carbons (Fsp3) is 1.00. The van der Waals surface area contributed by atoms with Crippen LogP contribution in [-0.2, 0) is 9.47 Å². The quantitative estimate of drug-likeness (QED) is 0.650. The summed E-state index contributed by atoms with van der Waals surface area (Å²) in [6.07, 6.45) is 2.64. The van der Waals surface area contributed by atoms with Crippen molar-refractivity contribution < 1.29 is 9.47 Å². The van der Waals surface area contributed by atoms with Gasteiger partial charge in [0.1, 0.15) is 0 Å². The third-order valence-electron chi connectivity index (χ3n) is 1.71. The molecule has 1 aliphatic heterocycles. The summed E-state index contributed by atoms with van der Waals surface area (Å²) in [5.41, 5.74) is 5.51. The van der Waals surface area contributed by atoms with Crippen LogP contribution >= 0.6 is 0 Å². The zero-order valence-corrected chi connectivity index (χ0v) is 7.08. The molecule has 0 aliphatic carbocycles. The van der Waals surface area contributed by atoms with Gasteiger partial charge in [-0.05, 0) is 19.8 Å². The van der Waals surface area contributed by atoms with E-state index in [0.29, 0.717) is 19.3 Å². The van der Waals surface area contributed by atoms with Crippen molar-refractivity contribution in [2.75, 3.05) is 19.8 Å². The number of rotatable bonds is 4. The van der Waals surface area contributed by atoms with Crippen molar-refractivity contribution in [3.8, 4) is 0 Å². The Bertz CT molecular complexity index is 100. The van der Waals surface area contributed by atoms with Gasteiger partial charge in [-0.3, -0.25) is 0 Å². The third-order valence-corrected chi connectivity index (χ3v) is 1.71. The van der Waals surface area contributed by atoms with Crippen molar-refractivity contribution in [3.05, 3.63) is 0 Å². The molecule has 1 fully saturated rings. The Kier molecular flexibility index (Phi) is 3.83. The minimum Gasteiger partial charge on any atom is -0.377 e. The molecular formula is C8H17NO2. The molecule has 0 amide bonds. The minimum atomic E-state index is 0.136. The van der Waals surface area contributed by atoms with Crippen LogP contribution in [-0.4, -0.2) is 32.0 Å². The van der Waals surface area contributed by atoms with Crippen molar-refractivity contribution in [2.45, 2.75) is 31.9 Å². The van der Waals surface area contributed by atoms with Gasteiger partial charge in [-0.1, -0.05) is 0 Å². The fourth-order valence-electron chi connectivity index (χ4n) is 1.16. The minimum absolute atomic E-state index is 0.136. The molecule has 0 aromatic heterocycles. The van der Waals surface area contributed by atoms with E-state index in [2.05, 4.69) is 0 Å². The first-order valence-electron chi connectivity index (χ1n) is 4.24. The predicted octanol–water partition coefficient (Wildman–Crippen LogP) is 0.529. The van der Waals surface area contributed by atoms with Crippen LogP contribution in [0.25, 0.3) is 0 Å². The third kappa shape index (κ3) is 3.70. The van der Waals surface area contributed by atoms with Gasteiger partial charge in [0.05, 0.1) is 19.3 Å². The summed E-state index contributed by atoms with van der Waals surface area (Å²) in [5.74, 6) is 0. The van der Waals surface area contributed by atoms with Crippen LogP contribution < -0.4 is 5.73 Å². The number of hydrogen-bond donors (Lipinski definition) is 1. The Labute approximate surface area is 67.9 Å². The van der Waals surface area contributed by atoms with Gasteiger partial charge >= 0.3 is 0 Å². The average Bonchev–Trinajstić information content (AvgIpc) is 2.39. The van der Waals surface area contributed by atoms with E-state index in [1.807, 2.05) is 6.92 Å². The lowest BCUT2D eigenvalue weighted by molar-refractivity contribution is 0.0142. The molecule has 0 aromatic rings. The summed E-state index contributed by atoms with van der Waals surface area (Å²) in [6.45, 7) is 4.18. The Morgan fingerprint density at radius 1 is 1.73 bits per heavy atom. The van der Waals surface area contributed by atoms with Crippen molar-refractivity contribution in [1.29, 1.82) is 0 Å². The first-order chi connectivity index (χ1) is 5.29. The summed E-state index contributed by atoms with van der Waals surface area (Å²) < 4.78 is 10.7. The first-order valence-corrected chi connectivity index (χ1v) is 4.24. The van der Waals surface area contributed by atoms with Gasteiger partial charge < -0.3 is 15.2 Å². The lowest BCUT2D eigenvalue weighted by Crippen LogP contribution is -2.25. The number of hydrogen-bond acceptors (Lipinski definition) is 3. The molecule has 2 atom stereocenters. The zero-order valence-electron chi connectivity index (χ0n) is 7.08. The molecule has 2 N–H and O–H groups in total. The van der Waals surface area contributed by atoms with E-state index in [-0.39, 0.29) is 6.04 Å². The van der Waals surface area contributed by atoms with Crippen molar-refractivity contribution in [3.63, 3.8) is 0 Å². The van der Waals surface area contributed by atoms with Crippen LogP contribution in [0.15, 0.2) is 0 Å². The molecule has 1 rings (SSSR count). The van der Waals surface area contributed by atoms with Gasteiger partial charge in [-0.2, -0.15) is 0 Å². The average molecular weight is 159 g/mol. The van der Waals surface area contributed by atoms with E-state index in [1.165, 1.54) is 6.42 Å². The van der Waals surface area contributed by atoms with Gasteiger partial charge in [0.15, 0.2) is 0 Å². The normalized spacial score (nSPS) is 27.3. The molecule has 2 unspecified atom stereocenters. The van der Waals surface area contributed by atoms with Crippen LogP contribution in [0, 0.1) is 0 Å². The van der Waals surface area contributed by atoms with E-state index in [9.17, 15) is 0 Å². The Hall–Kier alpha value is -0.120.